The Morgan fingerprint density at radius 3 is 2.72 bits per heavy atom. The lowest BCUT2D eigenvalue weighted by Gasteiger charge is -2.48. The molecule has 0 N–H and O–H groups in total. The molecule has 1 aliphatic carbocycles. The summed E-state index contributed by atoms with van der Waals surface area (Å²) in [5.41, 5.74) is 2.69. The van der Waals surface area contributed by atoms with Crippen molar-refractivity contribution in [1.82, 2.24) is 4.90 Å². The molecule has 4 nitrogen and oxygen atoms in total. The fourth-order valence-corrected chi connectivity index (χ4v) is 4.85. The van der Waals surface area contributed by atoms with Gasteiger partial charge >= 0.3 is 5.97 Å². The van der Waals surface area contributed by atoms with Gasteiger partial charge in [0.1, 0.15) is 5.41 Å². The molecule has 5 heteroatoms. The number of nitrogens with zero attached hydrogens (tertiary/aromatic N) is 1. The molecule has 2 atom stereocenters. The Kier molecular flexibility index (Phi) is 5.22. The van der Waals surface area contributed by atoms with Crippen LogP contribution in [0.2, 0.25) is 5.02 Å². The van der Waals surface area contributed by atoms with Crippen molar-refractivity contribution in [2.24, 2.45) is 0 Å². The van der Waals surface area contributed by atoms with Gasteiger partial charge in [0.05, 0.1) is 12.6 Å². The van der Waals surface area contributed by atoms with Crippen LogP contribution in [0.1, 0.15) is 49.4 Å². The van der Waals surface area contributed by atoms with Crippen LogP contribution in [-0.4, -0.2) is 23.4 Å². The van der Waals surface area contributed by atoms with Gasteiger partial charge in [0.25, 0.3) is 0 Å². The van der Waals surface area contributed by atoms with E-state index < -0.39 is 5.41 Å². The van der Waals surface area contributed by atoms with Crippen molar-refractivity contribution in [2.75, 3.05) is 6.61 Å². The van der Waals surface area contributed by atoms with Crippen molar-refractivity contribution in [3.05, 3.63) is 82.0 Å². The van der Waals surface area contributed by atoms with Crippen LogP contribution in [0.4, 0.5) is 0 Å². The van der Waals surface area contributed by atoms with Crippen LogP contribution < -0.4 is 0 Å². The molecule has 2 aromatic carbocycles. The zero-order valence-corrected chi connectivity index (χ0v) is 17.4. The second-order valence-corrected chi connectivity index (χ2v) is 8.01. The first-order valence-corrected chi connectivity index (χ1v) is 10.4. The summed E-state index contributed by atoms with van der Waals surface area (Å²) in [7, 11) is 0. The number of esters is 1. The molecular formula is C24H24ClNO3. The predicted octanol–water partition coefficient (Wildman–Crippen LogP) is 4.96. The third-order valence-corrected chi connectivity index (χ3v) is 6.25. The second kappa shape index (κ2) is 7.68. The number of ether oxygens (including phenoxy) is 1. The Balaban J connectivity index is 1.87. The zero-order valence-electron chi connectivity index (χ0n) is 16.7. The van der Waals surface area contributed by atoms with Crippen LogP contribution >= 0.6 is 11.6 Å². The van der Waals surface area contributed by atoms with Crippen LogP contribution in [0.25, 0.3) is 0 Å². The SMILES string of the molecule is CCOC(=O)[C@@]12CCC(=O)N([C@@H](C)c3ccccc3)C1=CCc1cc(Cl)ccc12. The smallest absolute Gasteiger partial charge is 0.322 e. The second-order valence-electron chi connectivity index (χ2n) is 7.57. The van der Waals surface area contributed by atoms with E-state index in [4.69, 9.17) is 16.3 Å². The molecule has 1 saturated heterocycles. The lowest BCUT2D eigenvalue weighted by Crippen LogP contribution is -2.53. The third-order valence-electron chi connectivity index (χ3n) is 6.01. The highest BCUT2D eigenvalue weighted by Crippen LogP contribution is 2.50. The van der Waals surface area contributed by atoms with Gasteiger partial charge in [-0.05, 0) is 55.5 Å². The summed E-state index contributed by atoms with van der Waals surface area (Å²) >= 11 is 6.22. The Bertz CT molecular complexity index is 985. The molecule has 0 unspecified atom stereocenters. The van der Waals surface area contributed by atoms with Crippen molar-refractivity contribution >= 4 is 23.5 Å². The van der Waals surface area contributed by atoms with E-state index in [9.17, 15) is 9.59 Å². The highest BCUT2D eigenvalue weighted by Gasteiger charge is 2.54. The summed E-state index contributed by atoms with van der Waals surface area (Å²) in [6.07, 6.45) is 3.32. The van der Waals surface area contributed by atoms with Crippen molar-refractivity contribution in [2.45, 2.75) is 44.6 Å². The number of hydrogen-bond donors (Lipinski definition) is 0. The summed E-state index contributed by atoms with van der Waals surface area (Å²) in [6.45, 7) is 4.10. The molecule has 0 radical (unpaired) electrons. The maximum Gasteiger partial charge on any atom is 0.322 e. The molecule has 4 rings (SSSR count). The molecule has 150 valence electrons. The van der Waals surface area contributed by atoms with E-state index in [0.29, 0.717) is 24.5 Å². The molecule has 2 aliphatic rings. The third kappa shape index (κ3) is 3.16. The van der Waals surface area contributed by atoms with Gasteiger partial charge in [0.15, 0.2) is 0 Å². The molecule has 1 fully saturated rings. The van der Waals surface area contributed by atoms with Gasteiger partial charge < -0.3 is 9.64 Å². The molecule has 0 spiro atoms. The van der Waals surface area contributed by atoms with Gasteiger partial charge in [0.2, 0.25) is 5.91 Å². The number of allylic oxidation sites excluding steroid dienone is 1. The van der Waals surface area contributed by atoms with Gasteiger partial charge in [-0.3, -0.25) is 9.59 Å². The van der Waals surface area contributed by atoms with Crippen LogP contribution in [0.5, 0.6) is 0 Å². The van der Waals surface area contributed by atoms with Crippen LogP contribution in [0.15, 0.2) is 60.3 Å². The number of carbonyl (C=O) groups excluding carboxylic acids is 2. The van der Waals surface area contributed by atoms with E-state index in [2.05, 4.69) is 0 Å². The fourth-order valence-electron chi connectivity index (χ4n) is 4.66. The number of likely N-dealkylation sites (tertiary alicyclic amines) is 1. The Morgan fingerprint density at radius 2 is 2.00 bits per heavy atom. The number of piperidine rings is 1. The maximum atomic E-state index is 13.4. The summed E-state index contributed by atoms with van der Waals surface area (Å²) in [5, 5.41) is 0.640. The summed E-state index contributed by atoms with van der Waals surface area (Å²) in [6, 6.07) is 15.4. The quantitative estimate of drug-likeness (QED) is 0.670. The molecule has 2 aromatic rings. The van der Waals surface area contributed by atoms with Crippen LogP contribution in [0, 0.1) is 0 Å². The average molecular weight is 410 g/mol. The molecule has 1 aliphatic heterocycles. The van der Waals surface area contributed by atoms with Gasteiger partial charge in [-0.25, -0.2) is 0 Å². The minimum Gasteiger partial charge on any atom is -0.465 e. The number of halogens is 1. The lowest BCUT2D eigenvalue weighted by molar-refractivity contribution is -0.153. The maximum absolute atomic E-state index is 13.4. The average Bonchev–Trinajstić information content (AvgIpc) is 2.73. The lowest BCUT2D eigenvalue weighted by atomic mass is 9.66. The monoisotopic (exact) mass is 409 g/mol. The first-order chi connectivity index (χ1) is 14.0. The standard InChI is InChI=1S/C24H24ClNO3/c1-3-29-23(28)24-14-13-22(27)26(16(2)17-7-5-4-6-8-17)21(24)12-9-18-15-19(25)10-11-20(18)24/h4-8,10-12,15-16H,3,9,13-14H2,1-2H3/t16-,24+/m0/s1. The molecule has 1 amide bonds. The normalized spacial score (nSPS) is 21.7. The fraction of sp³-hybridized carbons (Fsp3) is 0.333. The van der Waals surface area contributed by atoms with Crippen LogP contribution in [-0.2, 0) is 26.2 Å². The van der Waals surface area contributed by atoms with Crippen molar-refractivity contribution in [3.63, 3.8) is 0 Å². The van der Waals surface area contributed by atoms with Gasteiger partial charge in [-0.2, -0.15) is 0 Å². The number of rotatable bonds is 4. The highest BCUT2D eigenvalue weighted by atomic mass is 35.5. The Morgan fingerprint density at radius 1 is 1.24 bits per heavy atom. The molecule has 1 heterocycles. The minimum absolute atomic E-state index is 0.0324. The van der Waals surface area contributed by atoms with E-state index in [1.807, 2.05) is 68.5 Å². The van der Waals surface area contributed by atoms with E-state index >= 15 is 0 Å². The first-order valence-electron chi connectivity index (χ1n) is 10.0. The summed E-state index contributed by atoms with van der Waals surface area (Å²) in [5.74, 6) is -0.266. The Hall–Kier alpha value is -2.59. The van der Waals surface area contributed by atoms with Crippen LogP contribution in [0.3, 0.4) is 0 Å². The number of carbonyl (C=O) groups is 2. The van der Waals surface area contributed by atoms with Gasteiger partial charge in [-0.1, -0.05) is 54.1 Å². The zero-order chi connectivity index (χ0) is 20.6. The molecule has 0 saturated carbocycles. The van der Waals surface area contributed by atoms with Gasteiger partial charge in [-0.15, -0.1) is 0 Å². The Labute approximate surface area is 176 Å². The highest BCUT2D eigenvalue weighted by molar-refractivity contribution is 6.30. The minimum atomic E-state index is -0.981. The number of benzene rings is 2. The number of amides is 1. The molecule has 0 bridgehead atoms. The number of hydrogen-bond acceptors (Lipinski definition) is 3. The molecule has 0 aromatic heterocycles. The largest absolute Gasteiger partial charge is 0.465 e. The van der Waals surface area contributed by atoms with E-state index in [0.717, 1.165) is 22.4 Å². The molecule has 29 heavy (non-hydrogen) atoms. The van der Waals surface area contributed by atoms with E-state index in [1.54, 1.807) is 4.90 Å². The van der Waals surface area contributed by atoms with E-state index in [1.165, 1.54) is 0 Å². The van der Waals surface area contributed by atoms with Gasteiger partial charge in [0, 0.05) is 17.1 Å². The molecular weight excluding hydrogens is 386 g/mol. The number of fused-ring (bicyclic) bond motifs is 3. The first kappa shape index (κ1) is 19.7. The summed E-state index contributed by atoms with van der Waals surface area (Å²) < 4.78 is 5.55. The van der Waals surface area contributed by atoms with E-state index in [-0.39, 0.29) is 24.3 Å². The predicted molar refractivity (Wildman–Crippen MR) is 112 cm³/mol. The van der Waals surface area contributed by atoms with Crippen molar-refractivity contribution in [3.8, 4) is 0 Å². The van der Waals surface area contributed by atoms with Crippen molar-refractivity contribution < 1.29 is 14.3 Å². The summed E-state index contributed by atoms with van der Waals surface area (Å²) in [4.78, 5) is 28.2. The topological polar surface area (TPSA) is 46.6 Å². The van der Waals surface area contributed by atoms with Crippen molar-refractivity contribution in [1.29, 1.82) is 0 Å².